The van der Waals surface area contributed by atoms with Crippen molar-refractivity contribution in [2.45, 2.75) is 32.2 Å². The van der Waals surface area contributed by atoms with Gasteiger partial charge in [-0.2, -0.15) is 15.0 Å². The van der Waals surface area contributed by atoms with Crippen molar-refractivity contribution in [1.82, 2.24) is 19.9 Å². The molecule has 0 bridgehead atoms. The molecule has 0 radical (unpaired) electrons. The third-order valence-corrected chi connectivity index (χ3v) is 3.76. The van der Waals surface area contributed by atoms with Crippen LogP contribution in [-0.4, -0.2) is 59.6 Å². The number of hydrogen-bond acceptors (Lipinski definition) is 6. The molecule has 7 heteroatoms. The molecule has 0 aromatic carbocycles. The summed E-state index contributed by atoms with van der Waals surface area (Å²) in [5, 5.41) is 3.40. The van der Waals surface area contributed by atoms with Gasteiger partial charge in [-0.1, -0.05) is 6.92 Å². The second-order valence-electron chi connectivity index (χ2n) is 5.32. The maximum absolute atomic E-state index is 6.00. The van der Waals surface area contributed by atoms with Crippen LogP contribution in [0.4, 0.5) is 11.9 Å². The van der Waals surface area contributed by atoms with E-state index in [-0.39, 0.29) is 5.28 Å². The molecule has 1 N–H and O–H groups in total. The van der Waals surface area contributed by atoms with Crippen LogP contribution in [0.3, 0.4) is 0 Å². The molecule has 1 saturated heterocycles. The first-order valence-corrected chi connectivity index (χ1v) is 7.54. The number of nitrogens with zero attached hydrogens (tertiary/aromatic N) is 5. The largest absolute Gasteiger partial charge is 0.354 e. The Morgan fingerprint density at radius 3 is 2.90 bits per heavy atom. The van der Waals surface area contributed by atoms with Crippen molar-refractivity contribution in [3.8, 4) is 0 Å². The number of hydrogen-bond donors (Lipinski definition) is 1. The van der Waals surface area contributed by atoms with E-state index in [4.69, 9.17) is 11.6 Å². The Morgan fingerprint density at radius 2 is 2.20 bits per heavy atom. The predicted octanol–water partition coefficient (Wildman–Crippen LogP) is 1.88. The molecular weight excluding hydrogens is 276 g/mol. The third kappa shape index (κ3) is 3.93. The molecule has 0 saturated carbocycles. The number of piperidine rings is 1. The van der Waals surface area contributed by atoms with E-state index in [1.807, 2.05) is 7.05 Å². The average molecular weight is 299 g/mol. The minimum absolute atomic E-state index is 0.240. The Bertz CT molecular complexity index is 441. The fourth-order valence-electron chi connectivity index (χ4n) is 2.43. The Kier molecular flexibility index (Phi) is 5.37. The molecule has 2 heterocycles. The zero-order valence-electron chi connectivity index (χ0n) is 12.4. The van der Waals surface area contributed by atoms with Gasteiger partial charge < -0.3 is 15.1 Å². The average Bonchev–Trinajstić information content (AvgIpc) is 2.43. The zero-order chi connectivity index (χ0) is 14.5. The Balaban J connectivity index is 2.11. The first kappa shape index (κ1) is 15.3. The van der Waals surface area contributed by atoms with E-state index in [9.17, 15) is 0 Å². The van der Waals surface area contributed by atoms with Crippen LogP contribution in [0.1, 0.15) is 26.2 Å². The van der Waals surface area contributed by atoms with Crippen LogP contribution in [0.5, 0.6) is 0 Å². The van der Waals surface area contributed by atoms with Crippen LogP contribution in [-0.2, 0) is 0 Å². The van der Waals surface area contributed by atoms with Crippen molar-refractivity contribution in [2.24, 2.45) is 0 Å². The van der Waals surface area contributed by atoms with Gasteiger partial charge in [-0.25, -0.2) is 0 Å². The monoisotopic (exact) mass is 298 g/mol. The minimum Gasteiger partial charge on any atom is -0.354 e. The van der Waals surface area contributed by atoms with Gasteiger partial charge in [0.15, 0.2) is 0 Å². The van der Waals surface area contributed by atoms with Crippen LogP contribution < -0.4 is 10.2 Å². The summed E-state index contributed by atoms with van der Waals surface area (Å²) in [7, 11) is 4.17. The molecular formula is C13H23ClN6. The molecule has 1 aliphatic rings. The highest BCUT2D eigenvalue weighted by molar-refractivity contribution is 6.28. The molecule has 1 aromatic rings. The lowest BCUT2D eigenvalue weighted by Gasteiger charge is -2.35. The normalized spacial score (nSPS) is 19.9. The lowest BCUT2D eigenvalue weighted by atomic mass is 10.1. The van der Waals surface area contributed by atoms with Crippen LogP contribution in [0.25, 0.3) is 0 Å². The Hall–Kier alpha value is -1.14. The van der Waals surface area contributed by atoms with Crippen molar-refractivity contribution in [1.29, 1.82) is 0 Å². The molecule has 20 heavy (non-hydrogen) atoms. The SMILES string of the molecule is CCCNc1nc(Cl)nc(N(C)C2CCCN(C)C2)n1. The van der Waals surface area contributed by atoms with Gasteiger partial charge in [-0.05, 0) is 44.5 Å². The standard InChI is InChI=1S/C13H23ClN6/c1-4-7-15-12-16-11(14)17-13(18-12)20(3)10-6-5-8-19(2)9-10/h10H,4-9H2,1-3H3,(H,15,16,17,18). The van der Waals surface area contributed by atoms with E-state index in [0.717, 1.165) is 32.5 Å². The fraction of sp³-hybridized carbons (Fsp3) is 0.769. The maximum Gasteiger partial charge on any atom is 0.231 e. The second kappa shape index (κ2) is 7.04. The highest BCUT2D eigenvalue weighted by Crippen LogP contribution is 2.19. The molecule has 0 amide bonds. The van der Waals surface area contributed by atoms with Crippen LogP contribution >= 0.6 is 11.6 Å². The summed E-state index contributed by atoms with van der Waals surface area (Å²) in [4.78, 5) is 17.3. The summed E-state index contributed by atoms with van der Waals surface area (Å²) >= 11 is 6.00. The summed E-state index contributed by atoms with van der Waals surface area (Å²) < 4.78 is 0. The van der Waals surface area contributed by atoms with Gasteiger partial charge in [0.1, 0.15) is 0 Å². The van der Waals surface area contributed by atoms with E-state index < -0.39 is 0 Å². The number of nitrogens with one attached hydrogen (secondary N) is 1. The fourth-order valence-corrected chi connectivity index (χ4v) is 2.59. The molecule has 1 aliphatic heterocycles. The Morgan fingerprint density at radius 1 is 1.40 bits per heavy atom. The zero-order valence-corrected chi connectivity index (χ0v) is 13.2. The van der Waals surface area contributed by atoms with Crippen molar-refractivity contribution < 1.29 is 0 Å². The first-order valence-electron chi connectivity index (χ1n) is 7.17. The summed E-state index contributed by atoms with van der Waals surface area (Å²) in [5.41, 5.74) is 0. The van der Waals surface area contributed by atoms with Crippen molar-refractivity contribution in [2.75, 3.05) is 43.9 Å². The van der Waals surface area contributed by atoms with Crippen molar-refractivity contribution in [3.05, 3.63) is 5.28 Å². The smallest absolute Gasteiger partial charge is 0.231 e. The molecule has 1 aromatic heterocycles. The van der Waals surface area contributed by atoms with E-state index >= 15 is 0 Å². The number of likely N-dealkylation sites (N-methyl/N-ethyl adjacent to an activating group) is 2. The van der Waals surface area contributed by atoms with Crippen molar-refractivity contribution >= 4 is 23.5 Å². The van der Waals surface area contributed by atoms with E-state index in [2.05, 4.69) is 44.0 Å². The first-order chi connectivity index (χ1) is 9.60. The van der Waals surface area contributed by atoms with E-state index in [1.54, 1.807) is 0 Å². The number of likely N-dealkylation sites (tertiary alicyclic amines) is 1. The van der Waals surface area contributed by atoms with Crippen LogP contribution in [0.2, 0.25) is 5.28 Å². The second-order valence-corrected chi connectivity index (χ2v) is 5.66. The van der Waals surface area contributed by atoms with Gasteiger partial charge in [0, 0.05) is 26.2 Å². The maximum atomic E-state index is 6.00. The summed E-state index contributed by atoms with van der Waals surface area (Å²) in [6, 6.07) is 0.422. The van der Waals surface area contributed by atoms with Gasteiger partial charge in [-0.3, -0.25) is 0 Å². The number of anilines is 2. The van der Waals surface area contributed by atoms with Gasteiger partial charge in [0.2, 0.25) is 17.2 Å². The molecule has 112 valence electrons. The summed E-state index contributed by atoms with van der Waals surface area (Å²) in [6.07, 6.45) is 3.37. The van der Waals surface area contributed by atoms with Crippen molar-refractivity contribution in [3.63, 3.8) is 0 Å². The summed E-state index contributed by atoms with van der Waals surface area (Å²) in [6.45, 7) is 5.11. The molecule has 0 spiro atoms. The van der Waals surface area contributed by atoms with Gasteiger partial charge in [-0.15, -0.1) is 0 Å². The minimum atomic E-state index is 0.240. The molecule has 1 atom stereocenters. The highest BCUT2D eigenvalue weighted by atomic mass is 35.5. The molecule has 6 nitrogen and oxygen atoms in total. The summed E-state index contributed by atoms with van der Waals surface area (Å²) in [5.74, 6) is 1.20. The van der Waals surface area contributed by atoms with Gasteiger partial charge in [0.25, 0.3) is 0 Å². The molecule has 2 rings (SSSR count). The predicted molar refractivity (Wildman–Crippen MR) is 82.5 cm³/mol. The van der Waals surface area contributed by atoms with Gasteiger partial charge >= 0.3 is 0 Å². The highest BCUT2D eigenvalue weighted by Gasteiger charge is 2.23. The lowest BCUT2D eigenvalue weighted by Crippen LogP contribution is -2.45. The third-order valence-electron chi connectivity index (χ3n) is 3.59. The number of halogens is 1. The number of aromatic nitrogens is 3. The lowest BCUT2D eigenvalue weighted by molar-refractivity contribution is 0.247. The van der Waals surface area contributed by atoms with Crippen LogP contribution in [0.15, 0.2) is 0 Å². The van der Waals surface area contributed by atoms with E-state index in [1.165, 1.54) is 6.42 Å². The van der Waals surface area contributed by atoms with E-state index in [0.29, 0.717) is 17.9 Å². The topological polar surface area (TPSA) is 57.2 Å². The van der Waals surface area contributed by atoms with Gasteiger partial charge in [0.05, 0.1) is 0 Å². The molecule has 0 aliphatic carbocycles. The number of rotatable bonds is 5. The Labute approximate surface area is 125 Å². The molecule has 1 fully saturated rings. The quantitative estimate of drug-likeness (QED) is 0.896. The van der Waals surface area contributed by atoms with Crippen LogP contribution in [0, 0.1) is 0 Å². The molecule has 1 unspecified atom stereocenters.